The molecule has 2 rings (SSSR count). The Balaban J connectivity index is 2.43. The van der Waals surface area contributed by atoms with E-state index in [0.717, 1.165) is 11.1 Å². The average molecular weight is 222 g/mol. The van der Waals surface area contributed by atoms with Crippen LogP contribution in [0.25, 0.3) is 0 Å². The van der Waals surface area contributed by atoms with E-state index < -0.39 is 0 Å². The fraction of sp³-hybridized carbons (Fsp3) is 0.583. The molecule has 0 spiro atoms. The molecular formula is C12H18N2O2. The standard InChI is InChI=1S/C12H18N2O2/c1-12(2)9-5-13-10(6-14(3)4)11(15)8(9)7-16-12/h5,15H,6-7H2,1-4H3. The molecular weight excluding hydrogens is 204 g/mol. The maximum Gasteiger partial charge on any atom is 0.144 e. The van der Waals surface area contributed by atoms with E-state index in [1.54, 1.807) is 0 Å². The van der Waals surface area contributed by atoms with Crippen LogP contribution in [0.3, 0.4) is 0 Å². The van der Waals surface area contributed by atoms with Crippen molar-refractivity contribution in [1.82, 2.24) is 9.88 Å². The van der Waals surface area contributed by atoms with Crippen molar-refractivity contribution in [3.05, 3.63) is 23.0 Å². The predicted molar refractivity (Wildman–Crippen MR) is 61.1 cm³/mol. The van der Waals surface area contributed by atoms with Crippen molar-refractivity contribution >= 4 is 0 Å². The molecule has 1 aliphatic heterocycles. The summed E-state index contributed by atoms with van der Waals surface area (Å²) < 4.78 is 5.64. The van der Waals surface area contributed by atoms with Crippen LogP contribution in [0.4, 0.5) is 0 Å². The quantitative estimate of drug-likeness (QED) is 0.825. The topological polar surface area (TPSA) is 45.6 Å². The lowest BCUT2D eigenvalue weighted by Crippen LogP contribution is -2.16. The highest BCUT2D eigenvalue weighted by Gasteiger charge is 2.34. The van der Waals surface area contributed by atoms with Crippen LogP contribution in [0.2, 0.25) is 0 Å². The first-order valence-corrected chi connectivity index (χ1v) is 5.40. The summed E-state index contributed by atoms with van der Waals surface area (Å²) in [7, 11) is 3.91. The van der Waals surface area contributed by atoms with E-state index in [-0.39, 0.29) is 11.4 Å². The summed E-state index contributed by atoms with van der Waals surface area (Å²) >= 11 is 0. The molecule has 4 nitrogen and oxygen atoms in total. The first-order valence-electron chi connectivity index (χ1n) is 5.40. The molecule has 0 radical (unpaired) electrons. The minimum atomic E-state index is -0.337. The fourth-order valence-corrected chi connectivity index (χ4v) is 1.99. The zero-order chi connectivity index (χ0) is 11.9. The predicted octanol–water partition coefficient (Wildman–Crippen LogP) is 1.61. The van der Waals surface area contributed by atoms with Crippen LogP contribution in [-0.4, -0.2) is 29.1 Å². The van der Waals surface area contributed by atoms with E-state index in [4.69, 9.17) is 4.74 Å². The highest BCUT2D eigenvalue weighted by Crippen LogP contribution is 2.40. The molecule has 2 heterocycles. The summed E-state index contributed by atoms with van der Waals surface area (Å²) in [5.74, 6) is 0.289. The Morgan fingerprint density at radius 2 is 2.19 bits per heavy atom. The lowest BCUT2D eigenvalue weighted by molar-refractivity contribution is -0.00822. The van der Waals surface area contributed by atoms with Gasteiger partial charge in [0.15, 0.2) is 0 Å². The zero-order valence-electron chi connectivity index (χ0n) is 10.2. The number of aromatic nitrogens is 1. The SMILES string of the molecule is CN(C)Cc1ncc2c(c1O)COC2(C)C. The highest BCUT2D eigenvalue weighted by atomic mass is 16.5. The van der Waals surface area contributed by atoms with Crippen LogP contribution in [0.1, 0.15) is 30.7 Å². The van der Waals surface area contributed by atoms with Gasteiger partial charge in [0.1, 0.15) is 5.75 Å². The van der Waals surface area contributed by atoms with E-state index >= 15 is 0 Å². The van der Waals surface area contributed by atoms with Gasteiger partial charge in [-0.25, -0.2) is 0 Å². The van der Waals surface area contributed by atoms with Gasteiger partial charge in [-0.05, 0) is 27.9 Å². The van der Waals surface area contributed by atoms with E-state index in [9.17, 15) is 5.11 Å². The number of nitrogens with zero attached hydrogens (tertiary/aromatic N) is 2. The molecule has 88 valence electrons. The summed E-state index contributed by atoms with van der Waals surface area (Å²) in [6, 6.07) is 0. The molecule has 1 aliphatic rings. The van der Waals surface area contributed by atoms with Crippen LogP contribution in [0.15, 0.2) is 6.20 Å². The second-order valence-corrected chi connectivity index (χ2v) is 4.98. The molecule has 0 atom stereocenters. The second-order valence-electron chi connectivity index (χ2n) is 4.98. The molecule has 0 amide bonds. The molecule has 0 unspecified atom stereocenters. The van der Waals surface area contributed by atoms with Gasteiger partial charge < -0.3 is 14.7 Å². The van der Waals surface area contributed by atoms with Gasteiger partial charge in [0.25, 0.3) is 0 Å². The second kappa shape index (κ2) is 3.71. The maximum atomic E-state index is 10.1. The Morgan fingerprint density at radius 3 is 2.81 bits per heavy atom. The Morgan fingerprint density at radius 1 is 1.50 bits per heavy atom. The van der Waals surface area contributed by atoms with Crippen LogP contribution in [0.5, 0.6) is 5.75 Å². The number of hydrogen-bond donors (Lipinski definition) is 1. The number of fused-ring (bicyclic) bond motifs is 1. The van der Waals surface area contributed by atoms with Gasteiger partial charge in [0, 0.05) is 23.9 Å². The van der Waals surface area contributed by atoms with Gasteiger partial charge in [0.2, 0.25) is 0 Å². The Kier molecular flexibility index (Phi) is 2.64. The zero-order valence-corrected chi connectivity index (χ0v) is 10.2. The molecule has 0 fully saturated rings. The van der Waals surface area contributed by atoms with Gasteiger partial charge in [-0.15, -0.1) is 0 Å². The number of aromatic hydroxyl groups is 1. The number of ether oxygens (including phenoxy) is 1. The summed E-state index contributed by atoms with van der Waals surface area (Å²) in [5, 5.41) is 10.1. The minimum absolute atomic E-state index is 0.289. The lowest BCUT2D eigenvalue weighted by Gasteiger charge is -2.18. The number of hydrogen-bond acceptors (Lipinski definition) is 4. The third-order valence-corrected chi connectivity index (χ3v) is 2.93. The smallest absolute Gasteiger partial charge is 0.144 e. The summed E-state index contributed by atoms with van der Waals surface area (Å²) in [4.78, 5) is 6.30. The van der Waals surface area contributed by atoms with Gasteiger partial charge in [-0.3, -0.25) is 4.98 Å². The minimum Gasteiger partial charge on any atom is -0.506 e. The van der Waals surface area contributed by atoms with E-state index in [0.29, 0.717) is 18.8 Å². The Bertz CT molecular complexity index is 414. The van der Waals surface area contributed by atoms with Gasteiger partial charge in [0.05, 0.1) is 17.9 Å². The normalized spacial score (nSPS) is 17.8. The van der Waals surface area contributed by atoms with E-state index in [1.807, 2.05) is 39.0 Å². The van der Waals surface area contributed by atoms with E-state index in [2.05, 4.69) is 4.98 Å². The van der Waals surface area contributed by atoms with Crippen molar-refractivity contribution in [2.24, 2.45) is 0 Å². The molecule has 0 saturated heterocycles. The van der Waals surface area contributed by atoms with Crippen molar-refractivity contribution in [1.29, 1.82) is 0 Å². The third-order valence-electron chi connectivity index (χ3n) is 2.93. The molecule has 0 saturated carbocycles. The van der Waals surface area contributed by atoms with Crippen molar-refractivity contribution in [2.45, 2.75) is 32.6 Å². The fourth-order valence-electron chi connectivity index (χ4n) is 1.99. The molecule has 1 aromatic heterocycles. The van der Waals surface area contributed by atoms with Crippen molar-refractivity contribution < 1.29 is 9.84 Å². The highest BCUT2D eigenvalue weighted by molar-refractivity contribution is 5.45. The van der Waals surface area contributed by atoms with E-state index in [1.165, 1.54) is 0 Å². The number of pyridine rings is 1. The van der Waals surface area contributed by atoms with Crippen molar-refractivity contribution in [3.63, 3.8) is 0 Å². The first-order chi connectivity index (χ1) is 7.42. The molecule has 0 bridgehead atoms. The molecule has 16 heavy (non-hydrogen) atoms. The summed E-state index contributed by atoms with van der Waals surface area (Å²) in [6.07, 6.45) is 1.82. The van der Waals surface area contributed by atoms with Crippen LogP contribution >= 0.6 is 0 Å². The third kappa shape index (κ3) is 1.79. The van der Waals surface area contributed by atoms with Crippen LogP contribution in [0, 0.1) is 0 Å². The molecule has 1 N–H and O–H groups in total. The average Bonchev–Trinajstić information content (AvgIpc) is 2.47. The van der Waals surface area contributed by atoms with Crippen LogP contribution < -0.4 is 0 Å². The summed E-state index contributed by atoms with van der Waals surface area (Å²) in [5.41, 5.74) is 2.26. The van der Waals surface area contributed by atoms with Crippen LogP contribution in [-0.2, 0) is 23.5 Å². The van der Waals surface area contributed by atoms with Gasteiger partial charge >= 0.3 is 0 Å². The monoisotopic (exact) mass is 222 g/mol. The van der Waals surface area contributed by atoms with Gasteiger partial charge in [-0.1, -0.05) is 0 Å². The lowest BCUT2D eigenvalue weighted by atomic mass is 9.97. The molecule has 4 heteroatoms. The Labute approximate surface area is 95.9 Å². The van der Waals surface area contributed by atoms with Crippen molar-refractivity contribution in [2.75, 3.05) is 14.1 Å². The molecule has 0 aromatic carbocycles. The number of rotatable bonds is 2. The Hall–Kier alpha value is -1.13. The largest absolute Gasteiger partial charge is 0.506 e. The van der Waals surface area contributed by atoms with Crippen molar-refractivity contribution in [3.8, 4) is 5.75 Å². The summed E-state index contributed by atoms with van der Waals surface area (Å²) in [6.45, 7) is 5.09. The maximum absolute atomic E-state index is 10.1. The first kappa shape index (κ1) is 11.4. The molecule has 0 aliphatic carbocycles. The van der Waals surface area contributed by atoms with Gasteiger partial charge in [-0.2, -0.15) is 0 Å². The molecule has 1 aromatic rings.